The first-order chi connectivity index (χ1) is 14.9. The molecule has 2 N–H and O–H groups in total. The van der Waals surface area contributed by atoms with Crippen LogP contribution in [0.15, 0.2) is 59.7 Å². The minimum atomic E-state index is -0.682. The molecule has 0 aromatic heterocycles. The summed E-state index contributed by atoms with van der Waals surface area (Å²) >= 11 is 0. The van der Waals surface area contributed by atoms with Crippen LogP contribution in [0.4, 0.5) is 0 Å². The zero-order valence-corrected chi connectivity index (χ0v) is 18.5. The number of para-hydroxylation sites is 1. The number of hydrogen-bond acceptors (Lipinski definition) is 5. The van der Waals surface area contributed by atoms with E-state index >= 15 is 0 Å². The van der Waals surface area contributed by atoms with Gasteiger partial charge in [-0.1, -0.05) is 24.3 Å². The molecule has 0 bridgehead atoms. The van der Waals surface area contributed by atoms with Gasteiger partial charge in [-0.3, -0.25) is 9.69 Å². The van der Waals surface area contributed by atoms with Gasteiger partial charge >= 0.3 is 5.97 Å². The van der Waals surface area contributed by atoms with Crippen molar-refractivity contribution in [3.63, 3.8) is 0 Å². The molecule has 0 saturated heterocycles. The number of hydrogen-bond donors (Lipinski definition) is 1. The first-order valence-electron chi connectivity index (χ1n) is 10.1. The standard InChI is InChI=1S/C24H28N2O5/c1-15-16(2)23(27)26(14-17-10-12-18(29-3)13-11-17)22(15)25-21(24(28)31-5)19-8-6-7-9-20(19)30-4/h6-13,21-22,25H,14H2,1-5H3/p+1/t21-,22-/m0/s1. The third-order valence-corrected chi connectivity index (χ3v) is 5.77. The second kappa shape index (κ2) is 9.66. The van der Waals surface area contributed by atoms with Crippen LogP contribution in [0.5, 0.6) is 11.5 Å². The van der Waals surface area contributed by atoms with E-state index in [0.717, 1.165) is 16.9 Å². The Labute approximate surface area is 182 Å². The summed E-state index contributed by atoms with van der Waals surface area (Å²) in [5.41, 5.74) is 3.29. The van der Waals surface area contributed by atoms with E-state index in [2.05, 4.69) is 0 Å². The molecule has 0 spiro atoms. The van der Waals surface area contributed by atoms with Gasteiger partial charge in [0.05, 0.1) is 33.4 Å². The molecule has 0 saturated carbocycles. The topological polar surface area (TPSA) is 81.7 Å². The second-order valence-corrected chi connectivity index (χ2v) is 7.47. The highest BCUT2D eigenvalue weighted by Crippen LogP contribution is 2.27. The maximum atomic E-state index is 13.0. The lowest BCUT2D eigenvalue weighted by Gasteiger charge is -2.28. The summed E-state index contributed by atoms with van der Waals surface area (Å²) in [4.78, 5) is 27.5. The molecule has 1 aliphatic rings. The molecule has 7 nitrogen and oxygen atoms in total. The summed E-state index contributed by atoms with van der Waals surface area (Å²) in [6, 6.07) is 14.3. The number of benzene rings is 2. The fourth-order valence-corrected chi connectivity index (χ4v) is 3.85. The Morgan fingerprint density at radius 1 is 1.03 bits per heavy atom. The number of methoxy groups -OCH3 is 3. The van der Waals surface area contributed by atoms with Crippen LogP contribution in [0, 0.1) is 0 Å². The minimum Gasteiger partial charge on any atom is -0.497 e. The highest BCUT2D eigenvalue weighted by Gasteiger charge is 2.41. The van der Waals surface area contributed by atoms with Crippen LogP contribution < -0.4 is 14.8 Å². The van der Waals surface area contributed by atoms with Crippen molar-refractivity contribution in [1.29, 1.82) is 0 Å². The molecule has 1 aliphatic heterocycles. The predicted molar refractivity (Wildman–Crippen MR) is 115 cm³/mol. The number of quaternary nitrogens is 1. The summed E-state index contributed by atoms with van der Waals surface area (Å²) in [5.74, 6) is 0.905. The van der Waals surface area contributed by atoms with E-state index in [1.54, 1.807) is 19.1 Å². The van der Waals surface area contributed by atoms with Gasteiger partial charge in [0.2, 0.25) is 6.04 Å². The normalized spacial score (nSPS) is 17.0. The van der Waals surface area contributed by atoms with Gasteiger partial charge in [0.25, 0.3) is 5.91 Å². The number of nitrogens with two attached hydrogens (primary N) is 1. The zero-order chi connectivity index (χ0) is 22.5. The van der Waals surface area contributed by atoms with Gasteiger partial charge in [0.1, 0.15) is 11.5 Å². The van der Waals surface area contributed by atoms with Gasteiger partial charge in [-0.2, -0.15) is 0 Å². The smallest absolute Gasteiger partial charge is 0.369 e. The fraction of sp³-hybridized carbons (Fsp3) is 0.333. The third-order valence-electron chi connectivity index (χ3n) is 5.77. The van der Waals surface area contributed by atoms with Crippen LogP contribution in [-0.4, -0.2) is 44.3 Å². The molecule has 2 atom stereocenters. The zero-order valence-electron chi connectivity index (χ0n) is 18.5. The van der Waals surface area contributed by atoms with Crippen molar-refractivity contribution in [2.45, 2.75) is 32.6 Å². The van der Waals surface area contributed by atoms with E-state index in [-0.39, 0.29) is 12.1 Å². The molecule has 7 heteroatoms. The first-order valence-corrected chi connectivity index (χ1v) is 10.1. The molecule has 2 aromatic carbocycles. The van der Waals surface area contributed by atoms with Crippen molar-refractivity contribution in [2.24, 2.45) is 0 Å². The lowest BCUT2D eigenvalue weighted by molar-refractivity contribution is -0.724. The molecule has 164 valence electrons. The summed E-state index contributed by atoms with van der Waals surface area (Å²) in [6.45, 7) is 4.17. The fourth-order valence-electron chi connectivity index (χ4n) is 3.85. The van der Waals surface area contributed by atoms with Crippen LogP contribution in [0.2, 0.25) is 0 Å². The minimum absolute atomic E-state index is 0.0433. The molecule has 3 rings (SSSR count). The Morgan fingerprint density at radius 2 is 1.71 bits per heavy atom. The number of carbonyl (C=O) groups is 2. The Kier molecular flexibility index (Phi) is 6.97. The molecule has 0 radical (unpaired) electrons. The Bertz CT molecular complexity index is 984. The average Bonchev–Trinajstić information content (AvgIpc) is 3.00. The van der Waals surface area contributed by atoms with E-state index in [1.807, 2.05) is 67.7 Å². The highest BCUT2D eigenvalue weighted by atomic mass is 16.5. The van der Waals surface area contributed by atoms with Crippen molar-refractivity contribution in [3.8, 4) is 11.5 Å². The molecular weight excluding hydrogens is 396 g/mol. The summed E-state index contributed by atoms with van der Waals surface area (Å²) in [5, 5.41) is 1.87. The average molecular weight is 426 g/mol. The molecule has 1 heterocycles. The van der Waals surface area contributed by atoms with Crippen molar-refractivity contribution >= 4 is 11.9 Å². The lowest BCUT2D eigenvalue weighted by atomic mass is 10.0. The first kappa shape index (κ1) is 22.4. The molecule has 2 aromatic rings. The van der Waals surface area contributed by atoms with Gasteiger partial charge in [0.15, 0.2) is 6.17 Å². The predicted octanol–water partition coefficient (Wildman–Crippen LogP) is 2.19. The van der Waals surface area contributed by atoms with E-state index in [4.69, 9.17) is 14.2 Å². The van der Waals surface area contributed by atoms with Crippen molar-refractivity contribution in [1.82, 2.24) is 4.90 Å². The maximum absolute atomic E-state index is 13.0. The monoisotopic (exact) mass is 425 g/mol. The highest BCUT2D eigenvalue weighted by molar-refractivity contribution is 5.96. The Morgan fingerprint density at radius 3 is 2.32 bits per heavy atom. The maximum Gasteiger partial charge on any atom is 0.369 e. The van der Waals surface area contributed by atoms with Crippen LogP contribution in [0.1, 0.15) is 31.0 Å². The Balaban J connectivity index is 1.93. The Hall–Kier alpha value is -3.32. The van der Waals surface area contributed by atoms with E-state index < -0.39 is 12.0 Å². The molecular formula is C24H29N2O5+. The number of ether oxygens (including phenoxy) is 3. The van der Waals surface area contributed by atoms with Crippen LogP contribution >= 0.6 is 0 Å². The van der Waals surface area contributed by atoms with Gasteiger partial charge in [-0.15, -0.1) is 0 Å². The summed E-state index contributed by atoms with van der Waals surface area (Å²) < 4.78 is 15.8. The number of carbonyl (C=O) groups excluding carboxylic acids is 2. The van der Waals surface area contributed by atoms with Gasteiger partial charge in [-0.25, -0.2) is 4.79 Å². The molecule has 0 aliphatic carbocycles. The van der Waals surface area contributed by atoms with Gasteiger partial charge in [-0.05, 0) is 43.7 Å². The van der Waals surface area contributed by atoms with Crippen molar-refractivity contribution in [2.75, 3.05) is 21.3 Å². The van der Waals surface area contributed by atoms with Crippen molar-refractivity contribution in [3.05, 3.63) is 70.8 Å². The number of rotatable bonds is 8. The molecule has 0 fully saturated rings. The largest absolute Gasteiger partial charge is 0.497 e. The van der Waals surface area contributed by atoms with E-state index in [1.165, 1.54) is 7.11 Å². The second-order valence-electron chi connectivity index (χ2n) is 7.47. The lowest BCUT2D eigenvalue weighted by Crippen LogP contribution is -2.95. The summed E-state index contributed by atoms with van der Waals surface area (Å²) in [7, 11) is 4.55. The van der Waals surface area contributed by atoms with Crippen molar-refractivity contribution < 1.29 is 29.1 Å². The summed E-state index contributed by atoms with van der Waals surface area (Å²) in [6.07, 6.45) is -0.344. The SMILES string of the molecule is COC(=O)[C@@H]([NH2+][C@@H]1C(C)=C(C)C(=O)N1Cc1ccc(OC)cc1)c1ccccc1OC. The molecule has 1 amide bonds. The molecule has 31 heavy (non-hydrogen) atoms. The van der Waals surface area contributed by atoms with Crippen LogP contribution in [-0.2, 0) is 20.9 Å². The number of nitrogens with zero attached hydrogens (tertiary/aromatic N) is 1. The van der Waals surface area contributed by atoms with E-state index in [0.29, 0.717) is 23.4 Å². The van der Waals surface area contributed by atoms with Crippen LogP contribution in [0.25, 0.3) is 0 Å². The van der Waals surface area contributed by atoms with Gasteiger partial charge < -0.3 is 19.5 Å². The van der Waals surface area contributed by atoms with Gasteiger partial charge in [0, 0.05) is 11.1 Å². The quantitative estimate of drug-likeness (QED) is 0.656. The number of esters is 1. The third kappa shape index (κ3) is 4.56. The van der Waals surface area contributed by atoms with E-state index in [9.17, 15) is 9.59 Å². The molecule has 0 unspecified atom stereocenters. The van der Waals surface area contributed by atoms with Crippen LogP contribution in [0.3, 0.4) is 0 Å². The number of amides is 1.